The second kappa shape index (κ2) is 5.52. The van der Waals surface area contributed by atoms with Crippen molar-refractivity contribution in [3.63, 3.8) is 0 Å². The molecule has 4 nitrogen and oxygen atoms in total. The third kappa shape index (κ3) is 2.63. The molecule has 2 fully saturated rings. The highest BCUT2D eigenvalue weighted by molar-refractivity contribution is 7.19. The van der Waals surface area contributed by atoms with E-state index in [1.54, 1.807) is 11.7 Å². The molecule has 1 N–H and O–H groups in total. The fourth-order valence-electron chi connectivity index (χ4n) is 3.15. The number of hydrogen-bond donors (Lipinski definition) is 1. The molecule has 0 aromatic carbocycles. The van der Waals surface area contributed by atoms with Crippen LogP contribution in [0.3, 0.4) is 0 Å². The number of thiophene rings is 1. The number of anilines is 1. The van der Waals surface area contributed by atoms with Crippen LogP contribution in [0.1, 0.15) is 37.2 Å². The molecule has 24 heavy (non-hydrogen) atoms. The number of carbonyl (C=O) groups is 1. The number of halogens is 3. The monoisotopic (exact) mass is 371 g/mol. The molecular formula is C16H16ClF2N3OS. The fourth-order valence-corrected chi connectivity index (χ4v) is 4.28. The van der Waals surface area contributed by atoms with Crippen LogP contribution >= 0.6 is 22.9 Å². The zero-order valence-electron chi connectivity index (χ0n) is 13.0. The van der Waals surface area contributed by atoms with Crippen LogP contribution in [0, 0.1) is 5.92 Å². The molecule has 1 atom stereocenters. The van der Waals surface area contributed by atoms with E-state index in [0.29, 0.717) is 16.1 Å². The second-order valence-corrected chi connectivity index (χ2v) is 8.19. The Morgan fingerprint density at radius 1 is 1.46 bits per heavy atom. The van der Waals surface area contributed by atoms with Gasteiger partial charge in [0, 0.05) is 19.0 Å². The Morgan fingerprint density at radius 2 is 2.17 bits per heavy atom. The molecule has 2 aromatic heterocycles. The largest absolute Gasteiger partial charge is 0.309 e. The van der Waals surface area contributed by atoms with Gasteiger partial charge in [-0.15, -0.1) is 11.3 Å². The molecule has 2 saturated carbocycles. The van der Waals surface area contributed by atoms with Crippen molar-refractivity contribution < 1.29 is 13.6 Å². The Hall–Kier alpha value is -1.47. The van der Waals surface area contributed by atoms with Gasteiger partial charge in [0.2, 0.25) is 5.91 Å². The lowest BCUT2D eigenvalue weighted by atomic mass is 9.79. The highest BCUT2D eigenvalue weighted by Gasteiger charge is 2.61. The van der Waals surface area contributed by atoms with E-state index in [4.69, 9.17) is 11.6 Å². The topological polar surface area (TPSA) is 46.9 Å². The number of alkyl halides is 2. The van der Waals surface area contributed by atoms with E-state index in [1.807, 2.05) is 12.1 Å². The average Bonchev–Trinajstić information content (AvgIpc) is 2.76. The maximum Gasteiger partial charge on any atom is 0.260 e. The Kier molecular flexibility index (Phi) is 3.69. The van der Waals surface area contributed by atoms with Crippen molar-refractivity contribution in [1.29, 1.82) is 0 Å². The lowest BCUT2D eigenvalue weighted by molar-refractivity contribution is -0.119. The van der Waals surface area contributed by atoms with Crippen LogP contribution in [0.2, 0.25) is 4.34 Å². The molecule has 0 radical (unpaired) electrons. The number of rotatable bonds is 4. The van der Waals surface area contributed by atoms with Gasteiger partial charge in [-0.3, -0.25) is 9.48 Å². The van der Waals surface area contributed by atoms with Crippen molar-refractivity contribution in [2.24, 2.45) is 13.0 Å². The molecule has 4 rings (SSSR count). The van der Waals surface area contributed by atoms with Crippen LogP contribution in [0.4, 0.5) is 14.6 Å². The van der Waals surface area contributed by atoms with Crippen LogP contribution in [0.5, 0.6) is 0 Å². The minimum Gasteiger partial charge on any atom is -0.309 e. The minimum atomic E-state index is -2.88. The van der Waals surface area contributed by atoms with Gasteiger partial charge in [0.15, 0.2) is 5.82 Å². The number of carbonyl (C=O) groups excluding carboxylic acids is 1. The summed E-state index contributed by atoms with van der Waals surface area (Å²) in [6.45, 7) is 0. The van der Waals surface area contributed by atoms with Crippen LogP contribution in [0.15, 0.2) is 12.1 Å². The third-order valence-electron chi connectivity index (χ3n) is 4.79. The van der Waals surface area contributed by atoms with Crippen LogP contribution < -0.4 is 5.32 Å². The van der Waals surface area contributed by atoms with Gasteiger partial charge in [-0.1, -0.05) is 18.0 Å². The molecule has 0 aliphatic heterocycles. The van der Waals surface area contributed by atoms with Gasteiger partial charge >= 0.3 is 0 Å². The number of nitrogens with zero attached hydrogens (tertiary/aromatic N) is 2. The van der Waals surface area contributed by atoms with E-state index in [-0.39, 0.29) is 6.42 Å². The normalized spacial score (nSPS) is 22.2. The summed E-state index contributed by atoms with van der Waals surface area (Å²) < 4.78 is 28.7. The van der Waals surface area contributed by atoms with Crippen molar-refractivity contribution in [1.82, 2.24) is 9.78 Å². The Morgan fingerprint density at radius 3 is 2.67 bits per heavy atom. The summed E-state index contributed by atoms with van der Waals surface area (Å²) in [6.07, 6.45) is 2.77. The van der Waals surface area contributed by atoms with E-state index in [0.717, 1.165) is 35.4 Å². The minimum absolute atomic E-state index is 0.296. The maximum atomic E-state index is 13.1. The molecule has 8 heteroatoms. The number of aryl methyl sites for hydroxylation is 1. The molecule has 2 aliphatic rings. The van der Waals surface area contributed by atoms with Crippen molar-refractivity contribution in [3.05, 3.63) is 22.0 Å². The van der Waals surface area contributed by atoms with Crippen LogP contribution in [-0.2, 0) is 11.8 Å². The van der Waals surface area contributed by atoms with Crippen molar-refractivity contribution in [2.45, 2.75) is 37.5 Å². The van der Waals surface area contributed by atoms with E-state index >= 15 is 0 Å². The quantitative estimate of drug-likeness (QED) is 0.849. The fraction of sp³-hybridized carbons (Fsp3) is 0.500. The Balaban J connectivity index is 1.70. The van der Waals surface area contributed by atoms with Gasteiger partial charge in [0.25, 0.3) is 5.92 Å². The summed E-state index contributed by atoms with van der Waals surface area (Å²) in [5.41, 5.74) is 1.86. The lowest BCUT2D eigenvalue weighted by Crippen LogP contribution is -2.20. The summed E-state index contributed by atoms with van der Waals surface area (Å²) in [7, 11) is 1.80. The zero-order chi connectivity index (χ0) is 17.1. The van der Waals surface area contributed by atoms with Crippen LogP contribution in [-0.4, -0.2) is 21.6 Å². The zero-order valence-corrected chi connectivity index (χ0v) is 14.6. The first-order chi connectivity index (χ1) is 11.4. The molecule has 0 bridgehead atoms. The molecule has 0 saturated heterocycles. The van der Waals surface area contributed by atoms with E-state index < -0.39 is 17.7 Å². The van der Waals surface area contributed by atoms with Gasteiger partial charge in [0.05, 0.1) is 14.9 Å². The first-order valence-corrected chi connectivity index (χ1v) is 9.07. The Labute approximate surface area is 146 Å². The number of amides is 1. The molecule has 2 heterocycles. The number of aromatic nitrogens is 2. The van der Waals surface area contributed by atoms with Gasteiger partial charge in [-0.25, -0.2) is 8.78 Å². The lowest BCUT2D eigenvalue weighted by Gasteiger charge is -2.26. The standard InChI is InChI=1S/C16H16ClF2N3OS/c1-22-13(10-5-6-11(17)24-10)12(8-3-2-4-8)14(21-22)20-15(23)9-7-16(9,18)19/h5-6,8-9H,2-4,7H2,1H3,(H,20,21,23)/t9-/m0/s1. The SMILES string of the molecule is Cn1nc(NC(=O)[C@@H]2CC2(F)F)c(C2CCC2)c1-c1ccc(Cl)s1. The first kappa shape index (κ1) is 16.0. The van der Waals surface area contributed by atoms with Gasteiger partial charge in [0.1, 0.15) is 5.92 Å². The highest BCUT2D eigenvalue weighted by atomic mass is 35.5. The molecule has 2 aromatic rings. The van der Waals surface area contributed by atoms with Crippen molar-refractivity contribution >= 4 is 34.7 Å². The molecule has 2 aliphatic carbocycles. The Bertz CT molecular complexity index is 812. The van der Waals surface area contributed by atoms with E-state index in [9.17, 15) is 13.6 Å². The summed E-state index contributed by atoms with van der Waals surface area (Å²) in [5.74, 6) is -4.04. The average molecular weight is 372 g/mol. The third-order valence-corrected chi connectivity index (χ3v) is 6.03. The van der Waals surface area contributed by atoms with E-state index in [2.05, 4.69) is 10.4 Å². The maximum absolute atomic E-state index is 13.1. The summed E-state index contributed by atoms with van der Waals surface area (Å²) in [5, 5.41) is 7.04. The molecule has 1 amide bonds. The molecular weight excluding hydrogens is 356 g/mol. The highest BCUT2D eigenvalue weighted by Crippen LogP contribution is 2.50. The van der Waals surface area contributed by atoms with E-state index in [1.165, 1.54) is 11.3 Å². The first-order valence-electron chi connectivity index (χ1n) is 7.88. The summed E-state index contributed by atoms with van der Waals surface area (Å²) in [6, 6.07) is 3.74. The van der Waals surface area contributed by atoms with Crippen LogP contribution in [0.25, 0.3) is 10.6 Å². The predicted molar refractivity (Wildman–Crippen MR) is 89.8 cm³/mol. The molecule has 0 unspecified atom stereocenters. The molecule has 0 spiro atoms. The predicted octanol–water partition coefficient (Wildman–Crippen LogP) is 4.66. The van der Waals surface area contributed by atoms with Gasteiger partial charge < -0.3 is 5.32 Å². The smallest absolute Gasteiger partial charge is 0.260 e. The van der Waals surface area contributed by atoms with Crippen molar-refractivity contribution in [3.8, 4) is 10.6 Å². The molecule has 128 valence electrons. The summed E-state index contributed by atoms with van der Waals surface area (Å²) >= 11 is 7.49. The number of hydrogen-bond acceptors (Lipinski definition) is 3. The second-order valence-electron chi connectivity index (χ2n) is 6.47. The summed E-state index contributed by atoms with van der Waals surface area (Å²) in [4.78, 5) is 13.0. The van der Waals surface area contributed by atoms with Gasteiger partial charge in [-0.05, 0) is 30.9 Å². The van der Waals surface area contributed by atoms with Gasteiger partial charge in [-0.2, -0.15) is 5.10 Å². The number of nitrogens with one attached hydrogen (secondary N) is 1. The van der Waals surface area contributed by atoms with Crippen molar-refractivity contribution in [2.75, 3.05) is 5.32 Å².